The van der Waals surface area contributed by atoms with Crippen molar-refractivity contribution in [3.63, 3.8) is 0 Å². The van der Waals surface area contributed by atoms with E-state index in [0.717, 1.165) is 65.7 Å². The number of hydrogen-bond donors (Lipinski definition) is 0. The number of carbonyl (C=O) groups excluding carboxylic acids is 1. The van der Waals surface area contributed by atoms with Gasteiger partial charge in [-0.2, -0.15) is 0 Å². The molecule has 1 amide bonds. The second kappa shape index (κ2) is 11.1. The fraction of sp³-hybridized carbons (Fsp3) is 0.241. The van der Waals surface area contributed by atoms with Crippen LogP contribution in [0.5, 0.6) is 0 Å². The molecule has 1 saturated heterocycles. The Bertz CT molecular complexity index is 1580. The summed E-state index contributed by atoms with van der Waals surface area (Å²) in [6.07, 6.45) is 4.94. The summed E-state index contributed by atoms with van der Waals surface area (Å²) >= 11 is 7.64. The van der Waals surface area contributed by atoms with Gasteiger partial charge in [-0.25, -0.2) is 9.97 Å². The molecule has 1 aliphatic heterocycles. The summed E-state index contributed by atoms with van der Waals surface area (Å²) in [5, 5.41) is 1.19. The zero-order chi connectivity index (χ0) is 26.8. The molecule has 5 aromatic rings. The molecule has 39 heavy (non-hydrogen) atoms. The molecule has 2 aromatic carbocycles. The molecule has 0 radical (unpaired) electrons. The highest BCUT2D eigenvalue weighted by Crippen LogP contribution is 2.36. The summed E-state index contributed by atoms with van der Waals surface area (Å²) in [4.78, 5) is 30.7. The van der Waals surface area contributed by atoms with Crippen LogP contribution in [-0.4, -0.2) is 52.2 Å². The fourth-order valence-electron chi connectivity index (χ4n) is 4.95. The van der Waals surface area contributed by atoms with Crippen molar-refractivity contribution in [2.45, 2.75) is 12.5 Å². The number of hydrogen-bond acceptors (Lipinski definition) is 7. The van der Waals surface area contributed by atoms with Crippen molar-refractivity contribution in [2.24, 2.45) is 7.05 Å². The van der Waals surface area contributed by atoms with Gasteiger partial charge in [-0.1, -0.05) is 41.1 Å². The van der Waals surface area contributed by atoms with Crippen LogP contribution in [-0.2, 0) is 23.0 Å². The highest BCUT2D eigenvalue weighted by molar-refractivity contribution is 7.22. The zero-order valence-corrected chi connectivity index (χ0v) is 23.0. The van der Waals surface area contributed by atoms with Crippen LogP contribution in [0.2, 0.25) is 5.02 Å². The van der Waals surface area contributed by atoms with E-state index >= 15 is 0 Å². The van der Waals surface area contributed by atoms with Crippen LogP contribution in [0, 0.1) is 0 Å². The smallest absolute Gasteiger partial charge is 0.216 e. The van der Waals surface area contributed by atoms with Crippen molar-refractivity contribution in [3.05, 3.63) is 89.6 Å². The van der Waals surface area contributed by atoms with Crippen LogP contribution in [0.4, 0.5) is 10.8 Å². The molecular weight excluding hydrogens is 532 g/mol. The standard InChI is InChI=1S/C29H27ClN6O2S/c1-34-26(20-5-8-23(9-6-20)35-12-14-38-15-13-35)18-32-28(34)25(17-22-4-2-3-11-31-22)36(19-37)29-33-24-16-21(30)7-10-27(24)39-29/h2-11,16,18-19,25H,12-15,17H2,1H3/t25-/m0/s1. The van der Waals surface area contributed by atoms with Gasteiger partial charge in [0.1, 0.15) is 11.9 Å². The Morgan fingerprint density at radius 1 is 1.10 bits per heavy atom. The molecule has 8 nitrogen and oxygen atoms in total. The first-order chi connectivity index (χ1) is 19.1. The topological polar surface area (TPSA) is 76.4 Å². The van der Waals surface area contributed by atoms with E-state index in [9.17, 15) is 4.79 Å². The first kappa shape index (κ1) is 25.5. The number of benzene rings is 2. The van der Waals surface area contributed by atoms with Crippen LogP contribution in [0.25, 0.3) is 21.5 Å². The van der Waals surface area contributed by atoms with Crippen molar-refractivity contribution in [3.8, 4) is 11.3 Å². The van der Waals surface area contributed by atoms with Crippen LogP contribution in [0.3, 0.4) is 0 Å². The summed E-state index contributed by atoms with van der Waals surface area (Å²) < 4.78 is 8.50. The Labute approximate surface area is 235 Å². The number of halogens is 1. The summed E-state index contributed by atoms with van der Waals surface area (Å²) in [5.74, 6) is 0.747. The molecule has 0 N–H and O–H groups in total. The average molecular weight is 559 g/mol. The number of amides is 1. The van der Waals surface area contributed by atoms with Crippen molar-refractivity contribution in [1.82, 2.24) is 19.5 Å². The van der Waals surface area contributed by atoms with E-state index in [1.165, 1.54) is 17.0 Å². The number of rotatable bonds is 8. The van der Waals surface area contributed by atoms with Gasteiger partial charge in [-0.05, 0) is 48.0 Å². The number of thiazole rings is 1. The van der Waals surface area contributed by atoms with Gasteiger partial charge in [0.2, 0.25) is 6.41 Å². The molecule has 6 rings (SSSR count). The molecule has 1 aliphatic rings. The summed E-state index contributed by atoms with van der Waals surface area (Å²) in [7, 11) is 1.99. The van der Waals surface area contributed by atoms with Crippen molar-refractivity contribution >= 4 is 50.4 Å². The van der Waals surface area contributed by atoms with Crippen molar-refractivity contribution in [2.75, 3.05) is 36.1 Å². The SMILES string of the molecule is Cn1c(-c2ccc(N3CCOCC3)cc2)cnc1[C@H](Cc1ccccn1)N(C=O)c1nc2cc(Cl)ccc2s1. The number of pyridine rings is 1. The second-order valence-electron chi connectivity index (χ2n) is 9.37. The zero-order valence-electron chi connectivity index (χ0n) is 21.4. The first-order valence-corrected chi connectivity index (χ1v) is 13.9. The maximum atomic E-state index is 12.6. The third-order valence-electron chi connectivity index (χ3n) is 7.00. The van der Waals surface area contributed by atoms with E-state index in [0.29, 0.717) is 16.6 Å². The van der Waals surface area contributed by atoms with E-state index in [1.54, 1.807) is 11.1 Å². The minimum Gasteiger partial charge on any atom is -0.378 e. The Morgan fingerprint density at radius 3 is 2.67 bits per heavy atom. The monoisotopic (exact) mass is 558 g/mol. The molecule has 0 saturated carbocycles. The molecule has 1 fully saturated rings. The summed E-state index contributed by atoms with van der Waals surface area (Å²) in [6, 6.07) is 19.5. The van der Waals surface area contributed by atoms with E-state index in [1.807, 2.05) is 49.6 Å². The minimum atomic E-state index is -0.417. The van der Waals surface area contributed by atoms with E-state index < -0.39 is 6.04 Å². The van der Waals surface area contributed by atoms with Gasteiger partial charge in [0.05, 0.1) is 35.3 Å². The number of aromatic nitrogens is 4. The molecule has 4 heterocycles. The predicted octanol–water partition coefficient (Wildman–Crippen LogP) is 5.53. The Hall–Kier alpha value is -3.79. The van der Waals surface area contributed by atoms with E-state index in [-0.39, 0.29) is 0 Å². The molecule has 0 unspecified atom stereocenters. The number of carbonyl (C=O) groups is 1. The second-order valence-corrected chi connectivity index (χ2v) is 10.8. The average Bonchev–Trinajstić information content (AvgIpc) is 3.57. The van der Waals surface area contributed by atoms with Crippen LogP contribution in [0.1, 0.15) is 17.6 Å². The lowest BCUT2D eigenvalue weighted by Gasteiger charge is -2.29. The van der Waals surface area contributed by atoms with E-state index in [2.05, 4.69) is 38.7 Å². The summed E-state index contributed by atoms with van der Waals surface area (Å²) in [5.41, 5.74) is 4.81. The van der Waals surface area contributed by atoms with Gasteiger partial charge in [-0.15, -0.1) is 0 Å². The van der Waals surface area contributed by atoms with Crippen LogP contribution >= 0.6 is 22.9 Å². The first-order valence-electron chi connectivity index (χ1n) is 12.7. The Morgan fingerprint density at radius 2 is 1.92 bits per heavy atom. The lowest BCUT2D eigenvalue weighted by Crippen LogP contribution is -2.36. The highest BCUT2D eigenvalue weighted by atomic mass is 35.5. The van der Waals surface area contributed by atoms with Gasteiger partial charge >= 0.3 is 0 Å². The normalized spacial score (nSPS) is 14.5. The van der Waals surface area contributed by atoms with Crippen LogP contribution in [0.15, 0.2) is 73.1 Å². The lowest BCUT2D eigenvalue weighted by molar-refractivity contribution is -0.108. The van der Waals surface area contributed by atoms with Crippen molar-refractivity contribution < 1.29 is 9.53 Å². The number of imidazole rings is 1. The van der Waals surface area contributed by atoms with Gasteiger partial charge in [0.15, 0.2) is 5.13 Å². The maximum absolute atomic E-state index is 12.6. The number of anilines is 2. The van der Waals surface area contributed by atoms with E-state index in [4.69, 9.17) is 26.3 Å². The lowest BCUT2D eigenvalue weighted by atomic mass is 10.1. The number of morpholine rings is 1. The number of ether oxygens (including phenoxy) is 1. The molecule has 198 valence electrons. The molecule has 3 aromatic heterocycles. The van der Waals surface area contributed by atoms with Gasteiger partial charge in [-0.3, -0.25) is 14.7 Å². The number of nitrogens with zero attached hydrogens (tertiary/aromatic N) is 6. The Kier molecular flexibility index (Phi) is 7.28. The number of fused-ring (bicyclic) bond motifs is 1. The van der Waals surface area contributed by atoms with Gasteiger partial charge in [0.25, 0.3) is 0 Å². The highest BCUT2D eigenvalue weighted by Gasteiger charge is 2.29. The minimum absolute atomic E-state index is 0.417. The van der Waals surface area contributed by atoms with Gasteiger partial charge < -0.3 is 14.2 Å². The molecular formula is C29H27ClN6O2S. The van der Waals surface area contributed by atoms with Gasteiger partial charge in [0, 0.05) is 49.2 Å². The molecule has 1 atom stereocenters. The maximum Gasteiger partial charge on any atom is 0.216 e. The molecule has 0 bridgehead atoms. The fourth-order valence-corrected chi connectivity index (χ4v) is 6.08. The van der Waals surface area contributed by atoms with Crippen molar-refractivity contribution in [1.29, 1.82) is 0 Å². The predicted molar refractivity (Wildman–Crippen MR) is 156 cm³/mol. The molecule has 0 aliphatic carbocycles. The third kappa shape index (κ3) is 5.25. The summed E-state index contributed by atoms with van der Waals surface area (Å²) in [6.45, 7) is 3.28. The Balaban J connectivity index is 1.36. The molecule has 10 heteroatoms. The van der Waals surface area contributed by atoms with Crippen LogP contribution < -0.4 is 9.80 Å². The largest absolute Gasteiger partial charge is 0.378 e. The third-order valence-corrected chi connectivity index (χ3v) is 8.28. The molecule has 0 spiro atoms. The quantitative estimate of drug-likeness (QED) is 0.233.